The lowest BCUT2D eigenvalue weighted by Gasteiger charge is -2.08. The van der Waals surface area contributed by atoms with E-state index in [4.69, 9.17) is 4.74 Å². The number of hydrogen-bond donors (Lipinski definition) is 1. The van der Waals surface area contributed by atoms with E-state index in [0.29, 0.717) is 12.3 Å². The van der Waals surface area contributed by atoms with Gasteiger partial charge in [0.1, 0.15) is 5.75 Å². The molecule has 0 unspecified atom stereocenters. The van der Waals surface area contributed by atoms with Crippen LogP contribution >= 0.6 is 0 Å². The summed E-state index contributed by atoms with van der Waals surface area (Å²) < 4.78 is 7.61. The van der Waals surface area contributed by atoms with Crippen molar-refractivity contribution in [3.8, 4) is 5.75 Å². The van der Waals surface area contributed by atoms with Gasteiger partial charge in [-0.05, 0) is 30.7 Å². The minimum Gasteiger partial charge on any atom is -0.484 e. The van der Waals surface area contributed by atoms with Gasteiger partial charge in [0.2, 0.25) is 0 Å². The Bertz CT molecular complexity index is 822. The molecule has 0 aliphatic heterocycles. The van der Waals surface area contributed by atoms with Crippen LogP contribution in [0.1, 0.15) is 11.3 Å². The molecule has 2 aromatic carbocycles. The Balaban J connectivity index is 1.64. The van der Waals surface area contributed by atoms with E-state index < -0.39 is 0 Å². The van der Waals surface area contributed by atoms with Gasteiger partial charge < -0.3 is 14.6 Å². The molecule has 1 N–H and O–H groups in total. The molecule has 1 aromatic heterocycles. The zero-order valence-corrected chi connectivity index (χ0v) is 13.4. The first-order valence-corrected chi connectivity index (χ1v) is 7.64. The molecule has 1 amide bonds. The predicted molar refractivity (Wildman–Crippen MR) is 91.4 cm³/mol. The van der Waals surface area contributed by atoms with Gasteiger partial charge in [-0.15, -0.1) is 0 Å². The SMILES string of the molecule is Cc1c(CNC(=O)COc2ccccc2)c2ccccc2n1C. The molecule has 0 saturated carbocycles. The van der Waals surface area contributed by atoms with Crippen LogP contribution in [-0.2, 0) is 18.4 Å². The van der Waals surface area contributed by atoms with Crippen LogP contribution in [0.25, 0.3) is 10.9 Å². The van der Waals surface area contributed by atoms with Crippen molar-refractivity contribution in [2.24, 2.45) is 7.05 Å². The van der Waals surface area contributed by atoms with Crippen LogP contribution in [0.2, 0.25) is 0 Å². The highest BCUT2D eigenvalue weighted by Crippen LogP contribution is 2.24. The van der Waals surface area contributed by atoms with E-state index in [2.05, 4.69) is 28.9 Å². The largest absolute Gasteiger partial charge is 0.484 e. The minimum atomic E-state index is -0.124. The lowest BCUT2D eigenvalue weighted by Crippen LogP contribution is -2.28. The van der Waals surface area contributed by atoms with Crippen LogP contribution in [0.4, 0.5) is 0 Å². The summed E-state index contributed by atoms with van der Waals surface area (Å²) in [6.45, 7) is 2.60. The third-order valence-electron chi connectivity index (χ3n) is 4.11. The van der Waals surface area contributed by atoms with E-state index in [-0.39, 0.29) is 12.5 Å². The minimum absolute atomic E-state index is 0.0217. The molecule has 0 spiro atoms. The van der Waals surface area contributed by atoms with Crippen LogP contribution < -0.4 is 10.1 Å². The van der Waals surface area contributed by atoms with Gasteiger partial charge in [0.05, 0.1) is 0 Å². The fourth-order valence-corrected chi connectivity index (χ4v) is 2.73. The Morgan fingerprint density at radius 3 is 2.57 bits per heavy atom. The third-order valence-corrected chi connectivity index (χ3v) is 4.11. The van der Waals surface area contributed by atoms with Crippen LogP contribution in [0, 0.1) is 6.92 Å². The number of nitrogens with one attached hydrogen (secondary N) is 1. The maximum Gasteiger partial charge on any atom is 0.258 e. The standard InChI is InChI=1S/C19H20N2O2/c1-14-17(16-10-6-7-11-18(16)21(14)2)12-20-19(22)13-23-15-8-4-3-5-9-15/h3-11H,12-13H2,1-2H3,(H,20,22). The van der Waals surface area contributed by atoms with Crippen molar-refractivity contribution in [1.82, 2.24) is 9.88 Å². The number of amides is 1. The maximum absolute atomic E-state index is 12.0. The van der Waals surface area contributed by atoms with E-state index >= 15 is 0 Å². The first kappa shape index (κ1) is 15.2. The Morgan fingerprint density at radius 1 is 1.09 bits per heavy atom. The van der Waals surface area contributed by atoms with E-state index in [1.807, 2.05) is 49.5 Å². The molecule has 118 valence electrons. The molecule has 3 rings (SSSR count). The second-order valence-corrected chi connectivity index (χ2v) is 5.52. The molecule has 0 aliphatic rings. The number of carbonyl (C=O) groups is 1. The molecule has 0 radical (unpaired) electrons. The fraction of sp³-hybridized carbons (Fsp3) is 0.211. The van der Waals surface area contributed by atoms with Gasteiger partial charge in [-0.25, -0.2) is 0 Å². The van der Waals surface area contributed by atoms with Gasteiger partial charge in [-0.2, -0.15) is 0 Å². The van der Waals surface area contributed by atoms with Crippen molar-refractivity contribution < 1.29 is 9.53 Å². The van der Waals surface area contributed by atoms with E-state index in [0.717, 1.165) is 11.3 Å². The summed E-state index contributed by atoms with van der Waals surface area (Å²) in [5, 5.41) is 4.12. The molecule has 0 atom stereocenters. The van der Waals surface area contributed by atoms with Crippen LogP contribution in [-0.4, -0.2) is 17.1 Å². The van der Waals surface area contributed by atoms with Crippen LogP contribution in [0.5, 0.6) is 5.75 Å². The van der Waals surface area contributed by atoms with E-state index in [1.165, 1.54) is 10.9 Å². The normalized spacial score (nSPS) is 10.7. The van der Waals surface area contributed by atoms with Crippen LogP contribution in [0.3, 0.4) is 0 Å². The molecule has 0 bridgehead atoms. The molecular formula is C19H20N2O2. The lowest BCUT2D eigenvalue weighted by molar-refractivity contribution is -0.123. The van der Waals surface area contributed by atoms with Gasteiger partial charge in [0.25, 0.3) is 5.91 Å². The number of aromatic nitrogens is 1. The molecule has 0 fully saturated rings. The lowest BCUT2D eigenvalue weighted by atomic mass is 10.1. The number of ether oxygens (including phenoxy) is 1. The van der Waals surface area contributed by atoms with Crippen molar-refractivity contribution in [1.29, 1.82) is 0 Å². The van der Waals surface area contributed by atoms with Crippen molar-refractivity contribution in [3.05, 3.63) is 65.9 Å². The Labute approximate surface area is 135 Å². The molecular weight excluding hydrogens is 288 g/mol. The Hall–Kier alpha value is -2.75. The summed E-state index contributed by atoms with van der Waals surface area (Å²) in [6, 6.07) is 17.6. The summed E-state index contributed by atoms with van der Waals surface area (Å²) in [6.07, 6.45) is 0. The molecule has 4 nitrogen and oxygen atoms in total. The monoisotopic (exact) mass is 308 g/mol. The first-order chi connectivity index (χ1) is 11.2. The Morgan fingerprint density at radius 2 is 1.78 bits per heavy atom. The molecule has 0 saturated heterocycles. The quantitative estimate of drug-likeness (QED) is 0.786. The summed E-state index contributed by atoms with van der Waals surface area (Å²) in [4.78, 5) is 12.0. The first-order valence-electron chi connectivity index (χ1n) is 7.64. The van der Waals surface area contributed by atoms with Crippen molar-refractivity contribution in [2.75, 3.05) is 6.61 Å². The zero-order chi connectivity index (χ0) is 16.2. The summed E-state index contributed by atoms with van der Waals surface area (Å²) >= 11 is 0. The van der Waals surface area contributed by atoms with Crippen molar-refractivity contribution >= 4 is 16.8 Å². The van der Waals surface area contributed by atoms with E-state index in [1.54, 1.807) is 0 Å². The number of fused-ring (bicyclic) bond motifs is 1. The van der Waals surface area contributed by atoms with E-state index in [9.17, 15) is 4.79 Å². The highest BCUT2D eigenvalue weighted by atomic mass is 16.5. The molecule has 1 heterocycles. The van der Waals surface area contributed by atoms with Gasteiger partial charge in [-0.3, -0.25) is 4.79 Å². The summed E-state index contributed by atoms with van der Waals surface area (Å²) in [7, 11) is 2.04. The number of hydrogen-bond acceptors (Lipinski definition) is 2. The number of benzene rings is 2. The molecule has 23 heavy (non-hydrogen) atoms. The van der Waals surface area contributed by atoms with Crippen molar-refractivity contribution in [3.63, 3.8) is 0 Å². The van der Waals surface area contributed by atoms with Gasteiger partial charge in [0, 0.05) is 30.2 Å². The predicted octanol–water partition coefficient (Wildman–Crippen LogP) is 3.18. The Kier molecular flexibility index (Phi) is 4.33. The molecule has 3 aromatic rings. The second kappa shape index (κ2) is 6.57. The average Bonchev–Trinajstić information content (AvgIpc) is 2.83. The average molecular weight is 308 g/mol. The maximum atomic E-state index is 12.0. The number of rotatable bonds is 5. The summed E-state index contributed by atoms with van der Waals surface area (Å²) in [5.41, 5.74) is 3.49. The van der Waals surface area contributed by atoms with Crippen LogP contribution in [0.15, 0.2) is 54.6 Å². The number of carbonyl (C=O) groups excluding carboxylic acids is 1. The second-order valence-electron chi connectivity index (χ2n) is 5.52. The van der Waals surface area contributed by atoms with Gasteiger partial charge >= 0.3 is 0 Å². The highest BCUT2D eigenvalue weighted by molar-refractivity contribution is 5.86. The van der Waals surface area contributed by atoms with Gasteiger partial charge in [0.15, 0.2) is 6.61 Å². The fourth-order valence-electron chi connectivity index (χ4n) is 2.73. The van der Waals surface area contributed by atoms with Gasteiger partial charge in [-0.1, -0.05) is 36.4 Å². The summed E-state index contributed by atoms with van der Waals surface area (Å²) in [5.74, 6) is 0.574. The van der Waals surface area contributed by atoms with Crippen molar-refractivity contribution in [2.45, 2.75) is 13.5 Å². The highest BCUT2D eigenvalue weighted by Gasteiger charge is 2.12. The zero-order valence-electron chi connectivity index (χ0n) is 13.4. The molecule has 4 heteroatoms. The number of nitrogens with zero attached hydrogens (tertiary/aromatic N) is 1. The smallest absolute Gasteiger partial charge is 0.258 e. The number of para-hydroxylation sites is 2. The molecule has 0 aliphatic carbocycles. The topological polar surface area (TPSA) is 43.3 Å². The third kappa shape index (κ3) is 3.21. The number of aryl methyl sites for hydroxylation is 1.